The number of hydrogen-bond acceptors (Lipinski definition) is 1. The van der Waals surface area contributed by atoms with Crippen molar-refractivity contribution >= 4 is 0 Å². The summed E-state index contributed by atoms with van der Waals surface area (Å²) in [4.78, 5) is 0. The zero-order chi connectivity index (χ0) is 12.6. The molecule has 0 heterocycles. The maximum absolute atomic E-state index is 9.41. The lowest BCUT2D eigenvalue weighted by Crippen LogP contribution is -2.02. The van der Waals surface area contributed by atoms with Crippen LogP contribution in [0, 0.1) is 11.8 Å². The summed E-state index contributed by atoms with van der Waals surface area (Å²) in [6, 6.07) is 19.9. The molecule has 0 radical (unpaired) electrons. The van der Waals surface area contributed by atoms with Crippen LogP contribution < -0.4 is 0 Å². The summed E-state index contributed by atoms with van der Waals surface area (Å²) in [6.45, 7) is 0.132. The molecule has 0 aliphatic carbocycles. The van der Waals surface area contributed by atoms with Crippen molar-refractivity contribution in [1.82, 2.24) is 0 Å². The summed E-state index contributed by atoms with van der Waals surface area (Å²) in [5.74, 6) is 6.36. The van der Waals surface area contributed by atoms with Gasteiger partial charge in [0, 0.05) is 17.9 Å². The maximum atomic E-state index is 9.41. The van der Waals surface area contributed by atoms with E-state index in [0.29, 0.717) is 6.42 Å². The molecule has 1 atom stereocenters. The third kappa shape index (κ3) is 3.48. The average molecular weight is 236 g/mol. The molecule has 1 unspecified atom stereocenters. The molecule has 18 heavy (non-hydrogen) atoms. The van der Waals surface area contributed by atoms with E-state index in [1.54, 1.807) is 0 Å². The molecule has 0 bridgehead atoms. The third-order valence-corrected chi connectivity index (χ3v) is 2.85. The van der Waals surface area contributed by atoms with Crippen LogP contribution in [-0.2, 0) is 0 Å². The first-order valence-electron chi connectivity index (χ1n) is 6.10. The van der Waals surface area contributed by atoms with E-state index < -0.39 is 0 Å². The molecule has 0 saturated heterocycles. The van der Waals surface area contributed by atoms with Crippen molar-refractivity contribution in [2.45, 2.75) is 12.3 Å². The van der Waals surface area contributed by atoms with Crippen molar-refractivity contribution in [1.29, 1.82) is 0 Å². The van der Waals surface area contributed by atoms with Gasteiger partial charge in [-0.15, -0.1) is 0 Å². The van der Waals surface area contributed by atoms with Gasteiger partial charge in [-0.25, -0.2) is 0 Å². The van der Waals surface area contributed by atoms with Crippen LogP contribution >= 0.6 is 0 Å². The van der Waals surface area contributed by atoms with Gasteiger partial charge in [0.2, 0.25) is 0 Å². The summed E-state index contributed by atoms with van der Waals surface area (Å²) < 4.78 is 0. The number of hydrogen-bond donors (Lipinski definition) is 1. The van der Waals surface area contributed by atoms with Gasteiger partial charge in [-0.2, -0.15) is 0 Å². The van der Waals surface area contributed by atoms with Gasteiger partial charge < -0.3 is 5.11 Å². The Kier molecular flexibility index (Phi) is 4.58. The highest BCUT2D eigenvalue weighted by molar-refractivity contribution is 5.34. The minimum absolute atomic E-state index is 0.0995. The van der Waals surface area contributed by atoms with Crippen LogP contribution in [0.5, 0.6) is 0 Å². The topological polar surface area (TPSA) is 20.2 Å². The second kappa shape index (κ2) is 6.64. The predicted octanol–water partition coefficient (Wildman–Crippen LogP) is 3.20. The van der Waals surface area contributed by atoms with Gasteiger partial charge in [0.05, 0.1) is 6.61 Å². The predicted molar refractivity (Wildman–Crippen MR) is 74.2 cm³/mol. The van der Waals surface area contributed by atoms with Crippen LogP contribution in [0.3, 0.4) is 0 Å². The average Bonchev–Trinajstić information content (AvgIpc) is 2.46. The Labute approximate surface area is 108 Å². The number of rotatable bonds is 3. The van der Waals surface area contributed by atoms with E-state index in [1.165, 1.54) is 0 Å². The van der Waals surface area contributed by atoms with Crippen LogP contribution in [0.1, 0.15) is 23.5 Å². The largest absolute Gasteiger partial charge is 0.396 e. The zero-order valence-electron chi connectivity index (χ0n) is 10.2. The summed E-state index contributed by atoms with van der Waals surface area (Å²) in [7, 11) is 0. The first-order chi connectivity index (χ1) is 8.90. The molecular formula is C17H16O. The minimum atomic E-state index is 0.0995. The van der Waals surface area contributed by atoms with Crippen LogP contribution in [-0.4, -0.2) is 11.7 Å². The molecule has 2 aromatic carbocycles. The highest BCUT2D eigenvalue weighted by Crippen LogP contribution is 2.17. The Balaban J connectivity index is 2.03. The molecule has 0 saturated carbocycles. The number of aliphatic hydroxyl groups excluding tert-OH is 1. The van der Waals surface area contributed by atoms with Crippen LogP contribution in [0.2, 0.25) is 0 Å². The van der Waals surface area contributed by atoms with Crippen molar-refractivity contribution in [3.05, 3.63) is 71.8 Å². The molecule has 90 valence electrons. The summed E-state index contributed by atoms with van der Waals surface area (Å²) in [5, 5.41) is 9.41. The highest BCUT2D eigenvalue weighted by Gasteiger charge is 2.07. The third-order valence-electron chi connectivity index (χ3n) is 2.85. The van der Waals surface area contributed by atoms with Crippen molar-refractivity contribution in [3.63, 3.8) is 0 Å². The molecule has 0 amide bonds. The molecular weight excluding hydrogens is 220 g/mol. The summed E-state index contributed by atoms with van der Waals surface area (Å²) in [6.07, 6.45) is 0.676. The molecule has 2 aromatic rings. The standard InChI is InChI=1S/C17H16O/c18-14-17(16-11-5-2-6-12-16)13-7-10-15-8-3-1-4-9-15/h1-6,8-9,11-12,17-18H,13-14H2. The van der Waals surface area contributed by atoms with Gasteiger partial charge in [-0.3, -0.25) is 0 Å². The molecule has 0 fully saturated rings. The Bertz CT molecular complexity index is 520. The first-order valence-corrected chi connectivity index (χ1v) is 6.10. The van der Waals surface area contributed by atoms with Crippen molar-refractivity contribution in [2.75, 3.05) is 6.61 Å². The molecule has 1 nitrogen and oxygen atoms in total. The lowest BCUT2D eigenvalue weighted by Gasteiger charge is -2.10. The molecule has 0 aliphatic rings. The van der Waals surface area contributed by atoms with Gasteiger partial charge in [0.15, 0.2) is 0 Å². The Morgan fingerprint density at radius 2 is 1.50 bits per heavy atom. The van der Waals surface area contributed by atoms with Gasteiger partial charge >= 0.3 is 0 Å². The molecule has 0 aromatic heterocycles. The Morgan fingerprint density at radius 3 is 2.11 bits per heavy atom. The number of benzene rings is 2. The lowest BCUT2D eigenvalue weighted by atomic mass is 9.97. The van der Waals surface area contributed by atoms with E-state index in [2.05, 4.69) is 11.8 Å². The van der Waals surface area contributed by atoms with Crippen LogP contribution in [0.15, 0.2) is 60.7 Å². The van der Waals surface area contributed by atoms with E-state index in [-0.39, 0.29) is 12.5 Å². The SMILES string of the molecule is OCC(CC#Cc1ccccc1)c1ccccc1. The summed E-state index contributed by atoms with van der Waals surface area (Å²) >= 11 is 0. The second-order valence-corrected chi connectivity index (χ2v) is 4.16. The van der Waals surface area contributed by atoms with Crippen LogP contribution in [0.4, 0.5) is 0 Å². The Morgan fingerprint density at radius 1 is 0.889 bits per heavy atom. The normalized spacial score (nSPS) is 11.4. The van der Waals surface area contributed by atoms with Crippen molar-refractivity contribution in [2.24, 2.45) is 0 Å². The molecule has 0 spiro atoms. The highest BCUT2D eigenvalue weighted by atomic mass is 16.3. The fraction of sp³-hybridized carbons (Fsp3) is 0.176. The van der Waals surface area contributed by atoms with Crippen LogP contribution in [0.25, 0.3) is 0 Å². The minimum Gasteiger partial charge on any atom is -0.396 e. The van der Waals surface area contributed by atoms with E-state index >= 15 is 0 Å². The quantitative estimate of drug-likeness (QED) is 0.811. The fourth-order valence-electron chi connectivity index (χ4n) is 1.81. The maximum Gasteiger partial charge on any atom is 0.0508 e. The van der Waals surface area contributed by atoms with Crippen molar-refractivity contribution < 1.29 is 5.11 Å². The van der Waals surface area contributed by atoms with Gasteiger partial charge in [-0.1, -0.05) is 60.4 Å². The van der Waals surface area contributed by atoms with Gasteiger partial charge in [-0.05, 0) is 17.7 Å². The number of aliphatic hydroxyl groups is 1. The van der Waals surface area contributed by atoms with E-state index in [1.807, 2.05) is 60.7 Å². The van der Waals surface area contributed by atoms with Gasteiger partial charge in [0.1, 0.15) is 0 Å². The molecule has 1 N–H and O–H groups in total. The molecule has 2 rings (SSSR count). The van der Waals surface area contributed by atoms with Gasteiger partial charge in [0.25, 0.3) is 0 Å². The lowest BCUT2D eigenvalue weighted by molar-refractivity contribution is 0.267. The molecule has 1 heteroatoms. The fourth-order valence-corrected chi connectivity index (χ4v) is 1.81. The van der Waals surface area contributed by atoms with E-state index in [4.69, 9.17) is 0 Å². The molecule has 0 aliphatic heterocycles. The Hall–Kier alpha value is -2.04. The van der Waals surface area contributed by atoms with E-state index in [9.17, 15) is 5.11 Å². The second-order valence-electron chi connectivity index (χ2n) is 4.16. The zero-order valence-corrected chi connectivity index (χ0v) is 10.2. The van der Waals surface area contributed by atoms with Crippen molar-refractivity contribution in [3.8, 4) is 11.8 Å². The smallest absolute Gasteiger partial charge is 0.0508 e. The first kappa shape index (κ1) is 12.4. The van der Waals surface area contributed by atoms with E-state index in [0.717, 1.165) is 11.1 Å². The summed E-state index contributed by atoms with van der Waals surface area (Å²) in [5.41, 5.74) is 2.16. The monoisotopic (exact) mass is 236 g/mol.